The van der Waals surface area contributed by atoms with Gasteiger partial charge in [0.25, 0.3) is 0 Å². The van der Waals surface area contributed by atoms with E-state index >= 15 is 0 Å². The first-order chi connectivity index (χ1) is 8.78. The molecular formula is C13H20N4O. The Hall–Kier alpha value is -1.62. The van der Waals surface area contributed by atoms with Crippen LogP contribution >= 0.6 is 0 Å². The Morgan fingerprint density at radius 2 is 2.44 bits per heavy atom. The zero-order valence-corrected chi connectivity index (χ0v) is 10.8. The normalized spacial score (nSPS) is 17.1. The van der Waals surface area contributed by atoms with Gasteiger partial charge in [0.1, 0.15) is 5.82 Å². The second kappa shape index (κ2) is 6.35. The molecule has 1 aromatic heterocycles. The maximum atomic E-state index is 11.5. The maximum absolute atomic E-state index is 11.5. The first kappa shape index (κ1) is 12.8. The van der Waals surface area contributed by atoms with Crippen LogP contribution in [0.15, 0.2) is 18.3 Å². The second-order valence-electron chi connectivity index (χ2n) is 4.49. The zero-order chi connectivity index (χ0) is 12.8. The van der Waals surface area contributed by atoms with E-state index in [1.165, 1.54) is 5.56 Å². The zero-order valence-electron chi connectivity index (χ0n) is 10.8. The summed E-state index contributed by atoms with van der Waals surface area (Å²) in [5, 5.41) is 6.08. The van der Waals surface area contributed by atoms with E-state index in [0.29, 0.717) is 6.54 Å². The average Bonchev–Trinajstić information content (AvgIpc) is 2.54. The quantitative estimate of drug-likeness (QED) is 0.829. The van der Waals surface area contributed by atoms with Gasteiger partial charge >= 0.3 is 0 Å². The SMILES string of the molecule is CCNc1cc(CN2CCCNC(=O)C2)ccn1. The molecule has 1 aliphatic heterocycles. The van der Waals surface area contributed by atoms with Crippen molar-refractivity contribution in [1.82, 2.24) is 15.2 Å². The number of rotatable bonds is 4. The van der Waals surface area contributed by atoms with Gasteiger partial charge in [-0.05, 0) is 31.0 Å². The molecule has 1 amide bonds. The van der Waals surface area contributed by atoms with Crippen LogP contribution in [-0.4, -0.2) is 42.0 Å². The molecular weight excluding hydrogens is 228 g/mol. The molecule has 1 saturated heterocycles. The molecule has 1 aliphatic rings. The van der Waals surface area contributed by atoms with Crippen LogP contribution in [0.2, 0.25) is 0 Å². The predicted molar refractivity (Wildman–Crippen MR) is 71.3 cm³/mol. The fourth-order valence-corrected chi connectivity index (χ4v) is 2.11. The summed E-state index contributed by atoms with van der Waals surface area (Å²) in [6.07, 6.45) is 2.82. The van der Waals surface area contributed by atoms with Gasteiger partial charge in [-0.2, -0.15) is 0 Å². The molecule has 2 N–H and O–H groups in total. The molecule has 18 heavy (non-hydrogen) atoms. The number of nitrogens with one attached hydrogen (secondary N) is 2. The fraction of sp³-hybridized carbons (Fsp3) is 0.538. The highest BCUT2D eigenvalue weighted by atomic mass is 16.2. The van der Waals surface area contributed by atoms with E-state index in [9.17, 15) is 4.79 Å². The van der Waals surface area contributed by atoms with Crippen molar-refractivity contribution in [1.29, 1.82) is 0 Å². The van der Waals surface area contributed by atoms with E-state index in [4.69, 9.17) is 0 Å². The highest BCUT2D eigenvalue weighted by Gasteiger charge is 2.14. The molecule has 2 heterocycles. The second-order valence-corrected chi connectivity index (χ2v) is 4.49. The van der Waals surface area contributed by atoms with Crippen molar-refractivity contribution in [3.8, 4) is 0 Å². The highest BCUT2D eigenvalue weighted by Crippen LogP contribution is 2.10. The van der Waals surface area contributed by atoms with Crippen LogP contribution in [-0.2, 0) is 11.3 Å². The van der Waals surface area contributed by atoms with Crippen LogP contribution in [0.5, 0.6) is 0 Å². The third-order valence-electron chi connectivity index (χ3n) is 2.93. The molecule has 0 bridgehead atoms. The number of aromatic nitrogens is 1. The number of nitrogens with zero attached hydrogens (tertiary/aromatic N) is 2. The number of carbonyl (C=O) groups excluding carboxylic acids is 1. The van der Waals surface area contributed by atoms with Crippen LogP contribution < -0.4 is 10.6 Å². The lowest BCUT2D eigenvalue weighted by Crippen LogP contribution is -2.32. The predicted octanol–water partition coefficient (Wildman–Crippen LogP) is 0.835. The number of hydrogen-bond acceptors (Lipinski definition) is 4. The Kier molecular flexibility index (Phi) is 4.52. The lowest BCUT2D eigenvalue weighted by molar-refractivity contribution is -0.121. The Morgan fingerprint density at radius 1 is 1.56 bits per heavy atom. The molecule has 1 aromatic rings. The average molecular weight is 248 g/mol. The molecule has 5 nitrogen and oxygen atoms in total. The summed E-state index contributed by atoms with van der Waals surface area (Å²) in [5.41, 5.74) is 1.19. The molecule has 0 aromatic carbocycles. The van der Waals surface area contributed by atoms with Gasteiger partial charge in [-0.25, -0.2) is 4.98 Å². The van der Waals surface area contributed by atoms with Crippen molar-refractivity contribution in [3.05, 3.63) is 23.9 Å². The Bertz CT molecular complexity index is 408. The smallest absolute Gasteiger partial charge is 0.234 e. The third kappa shape index (κ3) is 3.70. The molecule has 98 valence electrons. The number of anilines is 1. The van der Waals surface area contributed by atoms with Gasteiger partial charge < -0.3 is 10.6 Å². The minimum Gasteiger partial charge on any atom is -0.370 e. The topological polar surface area (TPSA) is 57.3 Å². The van der Waals surface area contributed by atoms with Gasteiger partial charge in [-0.15, -0.1) is 0 Å². The van der Waals surface area contributed by atoms with Crippen molar-refractivity contribution < 1.29 is 4.79 Å². The van der Waals surface area contributed by atoms with E-state index in [1.54, 1.807) is 0 Å². The summed E-state index contributed by atoms with van der Waals surface area (Å²) >= 11 is 0. The van der Waals surface area contributed by atoms with Crippen LogP contribution in [0, 0.1) is 0 Å². The monoisotopic (exact) mass is 248 g/mol. The first-order valence-corrected chi connectivity index (χ1v) is 6.46. The van der Waals surface area contributed by atoms with Gasteiger partial charge in [-0.1, -0.05) is 0 Å². The van der Waals surface area contributed by atoms with Crippen LogP contribution in [0.4, 0.5) is 5.82 Å². The Morgan fingerprint density at radius 3 is 3.28 bits per heavy atom. The fourth-order valence-electron chi connectivity index (χ4n) is 2.11. The summed E-state index contributed by atoms with van der Waals surface area (Å²) < 4.78 is 0. The number of carbonyl (C=O) groups is 1. The van der Waals surface area contributed by atoms with Gasteiger partial charge in [0.05, 0.1) is 6.54 Å². The molecule has 2 rings (SSSR count). The molecule has 0 saturated carbocycles. The van der Waals surface area contributed by atoms with E-state index in [-0.39, 0.29) is 5.91 Å². The van der Waals surface area contributed by atoms with Crippen LogP contribution in [0.1, 0.15) is 18.9 Å². The molecule has 1 fully saturated rings. The van der Waals surface area contributed by atoms with Crippen molar-refractivity contribution in [2.75, 3.05) is 31.5 Å². The number of hydrogen-bond donors (Lipinski definition) is 2. The van der Waals surface area contributed by atoms with Gasteiger partial charge in [0, 0.05) is 32.4 Å². The minimum atomic E-state index is 0.119. The Labute approximate surface area is 108 Å². The summed E-state index contributed by atoms with van der Waals surface area (Å²) in [6, 6.07) is 4.05. The van der Waals surface area contributed by atoms with Gasteiger partial charge in [0.2, 0.25) is 5.91 Å². The number of pyridine rings is 1. The molecule has 0 atom stereocenters. The van der Waals surface area contributed by atoms with Gasteiger partial charge in [0.15, 0.2) is 0 Å². The summed E-state index contributed by atoms with van der Waals surface area (Å²) in [4.78, 5) is 17.9. The van der Waals surface area contributed by atoms with Crippen molar-refractivity contribution in [2.24, 2.45) is 0 Å². The van der Waals surface area contributed by atoms with E-state index in [0.717, 1.165) is 38.4 Å². The molecule has 0 unspecified atom stereocenters. The number of amides is 1. The lowest BCUT2D eigenvalue weighted by atomic mass is 10.2. The summed E-state index contributed by atoms with van der Waals surface area (Å²) in [5.74, 6) is 1.02. The van der Waals surface area contributed by atoms with Crippen molar-refractivity contribution in [3.63, 3.8) is 0 Å². The van der Waals surface area contributed by atoms with Crippen LogP contribution in [0.25, 0.3) is 0 Å². The Balaban J connectivity index is 1.99. The lowest BCUT2D eigenvalue weighted by Gasteiger charge is -2.18. The molecule has 0 spiro atoms. The van der Waals surface area contributed by atoms with E-state index in [2.05, 4.69) is 20.5 Å². The molecule has 0 aliphatic carbocycles. The van der Waals surface area contributed by atoms with E-state index < -0.39 is 0 Å². The maximum Gasteiger partial charge on any atom is 0.234 e. The van der Waals surface area contributed by atoms with E-state index in [1.807, 2.05) is 25.3 Å². The van der Waals surface area contributed by atoms with Crippen molar-refractivity contribution >= 4 is 11.7 Å². The molecule has 5 heteroatoms. The molecule has 0 radical (unpaired) electrons. The van der Waals surface area contributed by atoms with Crippen molar-refractivity contribution in [2.45, 2.75) is 19.9 Å². The highest BCUT2D eigenvalue weighted by molar-refractivity contribution is 5.78. The standard InChI is InChI=1S/C13H20N4O/c1-2-14-12-8-11(4-6-15-12)9-17-7-3-5-16-13(18)10-17/h4,6,8H,2-3,5,7,9-10H2,1H3,(H,14,15)(H,16,18). The summed E-state index contributed by atoms with van der Waals surface area (Å²) in [6.45, 7) is 5.94. The third-order valence-corrected chi connectivity index (χ3v) is 2.93. The largest absolute Gasteiger partial charge is 0.370 e. The van der Waals surface area contributed by atoms with Crippen LogP contribution in [0.3, 0.4) is 0 Å². The minimum absolute atomic E-state index is 0.119. The first-order valence-electron chi connectivity index (χ1n) is 6.46. The van der Waals surface area contributed by atoms with Gasteiger partial charge in [-0.3, -0.25) is 9.69 Å². The summed E-state index contributed by atoms with van der Waals surface area (Å²) in [7, 11) is 0.